The first-order valence-electron chi connectivity index (χ1n) is 12.0. The zero-order valence-corrected chi connectivity index (χ0v) is 19.9. The van der Waals surface area contributed by atoms with Crippen LogP contribution in [0.1, 0.15) is 27.9 Å². The molecule has 0 saturated carbocycles. The zero-order valence-electron chi connectivity index (χ0n) is 19.9. The van der Waals surface area contributed by atoms with Crippen LogP contribution < -0.4 is 4.74 Å². The Bertz CT molecular complexity index is 1500. The predicted molar refractivity (Wildman–Crippen MR) is 143 cm³/mol. The Morgan fingerprint density at radius 1 is 0.811 bits per heavy atom. The molecule has 6 nitrogen and oxygen atoms in total. The molecule has 1 aliphatic heterocycles. The van der Waals surface area contributed by atoms with Crippen LogP contribution in [0.3, 0.4) is 0 Å². The van der Waals surface area contributed by atoms with Gasteiger partial charge in [0.15, 0.2) is 0 Å². The van der Waals surface area contributed by atoms with Gasteiger partial charge in [0.05, 0.1) is 16.9 Å². The van der Waals surface area contributed by atoms with Crippen molar-refractivity contribution in [2.75, 3.05) is 6.61 Å². The van der Waals surface area contributed by atoms with Crippen molar-refractivity contribution in [3.63, 3.8) is 0 Å². The van der Waals surface area contributed by atoms with Crippen molar-refractivity contribution in [1.82, 2.24) is 9.55 Å². The second kappa shape index (κ2) is 9.24. The van der Waals surface area contributed by atoms with Gasteiger partial charge in [0.2, 0.25) is 0 Å². The lowest BCUT2D eigenvalue weighted by atomic mass is 9.76. The molecule has 6 rings (SSSR count). The van der Waals surface area contributed by atoms with Gasteiger partial charge in [0, 0.05) is 29.5 Å². The van der Waals surface area contributed by atoms with Crippen molar-refractivity contribution in [2.45, 2.75) is 5.54 Å². The van der Waals surface area contributed by atoms with Crippen LogP contribution >= 0.6 is 0 Å². The SMILES string of the molecule is O=[N+]([O-])c1ccc2c(c1)C(c1cn(C(c3ccccc3)(c3ccccc3)c3ccccc3)cn1)=CCO2. The van der Waals surface area contributed by atoms with E-state index in [9.17, 15) is 10.1 Å². The highest BCUT2D eigenvalue weighted by atomic mass is 16.6. The van der Waals surface area contributed by atoms with Gasteiger partial charge in [-0.15, -0.1) is 0 Å². The lowest BCUT2D eigenvalue weighted by Gasteiger charge is -2.37. The van der Waals surface area contributed by atoms with Crippen molar-refractivity contribution in [1.29, 1.82) is 0 Å². The molecule has 6 heteroatoms. The summed E-state index contributed by atoms with van der Waals surface area (Å²) in [5, 5.41) is 11.5. The zero-order chi connectivity index (χ0) is 25.2. The molecule has 0 atom stereocenters. The normalized spacial score (nSPS) is 12.8. The average Bonchev–Trinajstić information content (AvgIpc) is 3.45. The lowest BCUT2D eigenvalue weighted by Crippen LogP contribution is -2.36. The van der Waals surface area contributed by atoms with Gasteiger partial charge in [-0.2, -0.15) is 0 Å². The van der Waals surface area contributed by atoms with Crippen LogP contribution in [-0.2, 0) is 5.54 Å². The third-order valence-corrected chi connectivity index (χ3v) is 6.81. The third kappa shape index (κ3) is 3.79. The van der Waals surface area contributed by atoms with Crippen LogP contribution in [0, 0.1) is 10.1 Å². The molecule has 0 fully saturated rings. The molecule has 5 aromatic rings. The fourth-order valence-electron chi connectivity index (χ4n) is 5.17. The molecule has 4 aromatic carbocycles. The Morgan fingerprint density at radius 2 is 1.38 bits per heavy atom. The summed E-state index contributed by atoms with van der Waals surface area (Å²) in [5.74, 6) is 0.609. The van der Waals surface area contributed by atoms with Crippen LogP contribution in [0.25, 0.3) is 5.57 Å². The maximum atomic E-state index is 11.5. The Morgan fingerprint density at radius 3 is 1.92 bits per heavy atom. The molecule has 1 aliphatic rings. The van der Waals surface area contributed by atoms with Gasteiger partial charge in [0.1, 0.15) is 17.9 Å². The van der Waals surface area contributed by atoms with E-state index >= 15 is 0 Å². The molecule has 0 N–H and O–H groups in total. The first-order valence-corrected chi connectivity index (χ1v) is 12.0. The van der Waals surface area contributed by atoms with E-state index in [1.807, 2.05) is 73.2 Å². The Balaban J connectivity index is 1.58. The Kier molecular flexibility index (Phi) is 5.62. The molecule has 0 amide bonds. The van der Waals surface area contributed by atoms with Gasteiger partial charge in [-0.25, -0.2) is 4.98 Å². The quantitative estimate of drug-likeness (QED) is 0.157. The van der Waals surface area contributed by atoms with E-state index in [0.717, 1.165) is 28.0 Å². The van der Waals surface area contributed by atoms with Crippen molar-refractivity contribution < 1.29 is 9.66 Å². The van der Waals surface area contributed by atoms with Gasteiger partial charge >= 0.3 is 0 Å². The molecule has 0 saturated heterocycles. The van der Waals surface area contributed by atoms with Crippen LogP contribution in [0.5, 0.6) is 5.75 Å². The number of nitrogens with zero attached hydrogens (tertiary/aromatic N) is 3. The summed E-state index contributed by atoms with van der Waals surface area (Å²) in [6, 6.07) is 35.8. The second-order valence-electron chi connectivity index (χ2n) is 8.84. The van der Waals surface area contributed by atoms with Gasteiger partial charge in [-0.05, 0) is 28.8 Å². The average molecular weight is 486 g/mol. The molecule has 0 unspecified atom stereocenters. The molecule has 180 valence electrons. The first-order chi connectivity index (χ1) is 18.2. The molecular formula is C31H23N3O3. The summed E-state index contributed by atoms with van der Waals surface area (Å²) in [4.78, 5) is 15.9. The second-order valence-corrected chi connectivity index (χ2v) is 8.84. The molecule has 0 spiro atoms. The number of non-ortho nitro benzene ring substituents is 1. The minimum atomic E-state index is -0.688. The standard InChI is InChI=1S/C31H23N3O3/c35-34(36)26-16-17-30-28(20-26)27(18-19-37-30)29-21-33(22-32-29)31(23-10-4-1-5-11-23,24-12-6-2-7-13-24)25-14-8-3-9-15-25/h1-18,20-22H,19H2. The molecule has 2 heterocycles. The summed E-state index contributed by atoms with van der Waals surface area (Å²) in [6.07, 6.45) is 5.79. The summed E-state index contributed by atoms with van der Waals surface area (Å²) >= 11 is 0. The largest absolute Gasteiger partial charge is 0.489 e. The number of rotatable bonds is 6. The van der Waals surface area contributed by atoms with Crippen LogP contribution in [0.15, 0.2) is 128 Å². The smallest absolute Gasteiger partial charge is 0.270 e. The van der Waals surface area contributed by atoms with Crippen LogP contribution in [0.4, 0.5) is 5.69 Å². The summed E-state index contributed by atoms with van der Waals surface area (Å²) in [6.45, 7) is 0.369. The van der Waals surface area contributed by atoms with E-state index in [0.29, 0.717) is 17.9 Å². The minimum Gasteiger partial charge on any atom is -0.489 e. The van der Waals surface area contributed by atoms with Gasteiger partial charge in [-0.1, -0.05) is 91.0 Å². The molecule has 37 heavy (non-hydrogen) atoms. The number of aromatic nitrogens is 2. The maximum absolute atomic E-state index is 11.5. The number of fused-ring (bicyclic) bond motifs is 1. The minimum absolute atomic E-state index is 0.0155. The first kappa shape index (κ1) is 22.5. The van der Waals surface area contributed by atoms with Gasteiger partial charge < -0.3 is 9.30 Å². The van der Waals surface area contributed by atoms with Gasteiger partial charge in [-0.3, -0.25) is 10.1 Å². The highest BCUT2D eigenvalue weighted by Gasteiger charge is 2.38. The maximum Gasteiger partial charge on any atom is 0.270 e. The number of nitro groups is 1. The van der Waals surface area contributed by atoms with E-state index in [2.05, 4.69) is 41.0 Å². The van der Waals surface area contributed by atoms with Crippen molar-refractivity contribution >= 4 is 11.3 Å². The van der Waals surface area contributed by atoms with Crippen LogP contribution in [-0.4, -0.2) is 21.1 Å². The molecule has 0 aliphatic carbocycles. The highest BCUT2D eigenvalue weighted by Crippen LogP contribution is 2.42. The van der Waals surface area contributed by atoms with E-state index in [-0.39, 0.29) is 5.69 Å². The third-order valence-electron chi connectivity index (χ3n) is 6.81. The van der Waals surface area contributed by atoms with Crippen molar-refractivity contribution in [2.24, 2.45) is 0 Å². The predicted octanol–water partition coefficient (Wildman–Crippen LogP) is 6.46. The number of imidazole rings is 1. The van der Waals surface area contributed by atoms with E-state index in [1.54, 1.807) is 12.1 Å². The summed E-state index contributed by atoms with van der Waals surface area (Å²) in [5.41, 5.74) is 4.79. The Hall–Kier alpha value is -4.97. The van der Waals surface area contributed by atoms with Crippen molar-refractivity contribution in [3.8, 4) is 5.75 Å². The number of ether oxygens (including phenoxy) is 1. The molecular weight excluding hydrogens is 462 g/mol. The topological polar surface area (TPSA) is 70.2 Å². The Labute approximate surface area is 214 Å². The lowest BCUT2D eigenvalue weighted by molar-refractivity contribution is -0.384. The highest BCUT2D eigenvalue weighted by molar-refractivity contribution is 5.83. The van der Waals surface area contributed by atoms with E-state index in [4.69, 9.17) is 9.72 Å². The fourth-order valence-corrected chi connectivity index (χ4v) is 5.17. The number of hydrogen-bond donors (Lipinski definition) is 0. The monoisotopic (exact) mass is 485 g/mol. The number of nitro benzene ring substituents is 1. The molecule has 0 bridgehead atoms. The number of benzene rings is 4. The van der Waals surface area contributed by atoms with Crippen molar-refractivity contribution in [3.05, 3.63) is 166 Å². The summed E-state index contributed by atoms with van der Waals surface area (Å²) < 4.78 is 7.89. The summed E-state index contributed by atoms with van der Waals surface area (Å²) in [7, 11) is 0. The number of hydrogen-bond acceptors (Lipinski definition) is 4. The molecule has 0 radical (unpaired) electrons. The fraction of sp³-hybridized carbons (Fsp3) is 0.0645. The van der Waals surface area contributed by atoms with Crippen LogP contribution in [0.2, 0.25) is 0 Å². The molecule has 1 aromatic heterocycles. The van der Waals surface area contributed by atoms with E-state index < -0.39 is 10.5 Å². The van der Waals surface area contributed by atoms with Gasteiger partial charge in [0.25, 0.3) is 5.69 Å². The van der Waals surface area contributed by atoms with E-state index in [1.165, 1.54) is 6.07 Å².